The summed E-state index contributed by atoms with van der Waals surface area (Å²) in [5.41, 5.74) is 1.50. The van der Waals surface area contributed by atoms with Crippen molar-refractivity contribution >= 4 is 23.8 Å². The van der Waals surface area contributed by atoms with E-state index < -0.39 is 18.2 Å². The molecule has 3 rings (SSSR count). The molecule has 98 valence electrons. The van der Waals surface area contributed by atoms with Crippen LogP contribution in [0, 0.1) is 11.3 Å². The highest BCUT2D eigenvalue weighted by Crippen LogP contribution is 2.30. The number of carbonyl (C=O) groups is 2. The summed E-state index contributed by atoms with van der Waals surface area (Å²) >= 11 is 0. The highest BCUT2D eigenvalue weighted by Gasteiger charge is 2.32. The zero-order chi connectivity index (χ0) is 14.1. The second-order valence-corrected chi connectivity index (χ2v) is 4.33. The van der Waals surface area contributed by atoms with Crippen molar-refractivity contribution in [1.82, 2.24) is 5.01 Å². The molecule has 0 atom stereocenters. The summed E-state index contributed by atoms with van der Waals surface area (Å²) in [5, 5.41) is 13.1. The first-order valence-electron chi connectivity index (χ1n) is 5.98. The molecule has 0 aromatic heterocycles. The number of benzene rings is 1. The molecule has 6 nitrogen and oxygen atoms in total. The summed E-state index contributed by atoms with van der Waals surface area (Å²) in [6, 6.07) is 9.05. The van der Waals surface area contributed by atoms with Gasteiger partial charge in [-0.15, -0.1) is 5.10 Å². The number of nitriles is 1. The van der Waals surface area contributed by atoms with Gasteiger partial charge in [0.25, 0.3) is 11.8 Å². The van der Waals surface area contributed by atoms with Crippen LogP contribution in [0.2, 0.25) is 0 Å². The summed E-state index contributed by atoms with van der Waals surface area (Å²) in [4.78, 5) is 23.5. The van der Waals surface area contributed by atoms with Gasteiger partial charge < -0.3 is 4.74 Å². The first-order valence-corrected chi connectivity index (χ1v) is 5.98. The van der Waals surface area contributed by atoms with Crippen molar-refractivity contribution in [3.8, 4) is 11.8 Å². The van der Waals surface area contributed by atoms with Crippen LogP contribution in [-0.2, 0) is 9.59 Å². The predicted octanol–water partition coefficient (Wildman–Crippen LogP) is 1.45. The summed E-state index contributed by atoms with van der Waals surface area (Å²) in [6.45, 7) is 0. The number of imide groups is 1. The summed E-state index contributed by atoms with van der Waals surface area (Å²) < 4.78 is 5.60. The van der Waals surface area contributed by atoms with Crippen LogP contribution in [0.25, 0.3) is 6.08 Å². The number of hydrogen-bond donors (Lipinski definition) is 0. The molecule has 0 aliphatic carbocycles. The van der Waals surface area contributed by atoms with E-state index in [0.29, 0.717) is 16.3 Å². The Hall–Kier alpha value is -2.94. The van der Waals surface area contributed by atoms with Crippen molar-refractivity contribution in [1.29, 1.82) is 5.26 Å². The average molecular weight is 267 g/mol. The summed E-state index contributed by atoms with van der Waals surface area (Å²) in [5.74, 6) is -0.249. The van der Waals surface area contributed by atoms with Crippen LogP contribution in [0.5, 0.6) is 5.75 Å². The Kier molecular flexibility index (Phi) is 2.80. The fourth-order valence-corrected chi connectivity index (χ4v) is 2.04. The lowest BCUT2D eigenvalue weighted by Gasteiger charge is -2.26. The van der Waals surface area contributed by atoms with Gasteiger partial charge in [-0.25, -0.2) is 0 Å². The Morgan fingerprint density at radius 2 is 2.25 bits per heavy atom. The van der Waals surface area contributed by atoms with Crippen LogP contribution in [0.15, 0.2) is 34.9 Å². The molecular formula is C14H9N3O3. The Morgan fingerprint density at radius 3 is 3.05 bits per heavy atom. The zero-order valence-corrected chi connectivity index (χ0v) is 10.4. The third-order valence-electron chi connectivity index (χ3n) is 2.97. The number of hydrazone groups is 1. The Labute approximate surface area is 114 Å². The van der Waals surface area contributed by atoms with Crippen molar-refractivity contribution < 1.29 is 14.3 Å². The number of para-hydroxylation sites is 1. The molecule has 1 aromatic rings. The fourth-order valence-electron chi connectivity index (χ4n) is 2.04. The number of hydrogen-bond acceptors (Lipinski definition) is 5. The molecule has 0 bridgehead atoms. The van der Waals surface area contributed by atoms with Crippen LogP contribution < -0.4 is 4.74 Å². The van der Waals surface area contributed by atoms with Crippen LogP contribution in [0.1, 0.15) is 18.4 Å². The largest absolute Gasteiger partial charge is 0.437 e. The molecule has 2 aliphatic heterocycles. The van der Waals surface area contributed by atoms with E-state index in [1.54, 1.807) is 12.1 Å². The molecule has 0 spiro atoms. The van der Waals surface area contributed by atoms with E-state index in [4.69, 9.17) is 10.00 Å². The third kappa shape index (κ3) is 1.95. The van der Waals surface area contributed by atoms with E-state index in [1.807, 2.05) is 24.3 Å². The lowest BCUT2D eigenvalue weighted by molar-refractivity contribution is -0.144. The van der Waals surface area contributed by atoms with Crippen molar-refractivity contribution in [3.05, 3.63) is 35.4 Å². The van der Waals surface area contributed by atoms with Crippen LogP contribution in [0.4, 0.5) is 0 Å². The smallest absolute Gasteiger partial charge is 0.264 e. The molecule has 2 aliphatic rings. The van der Waals surface area contributed by atoms with E-state index in [9.17, 15) is 9.59 Å². The molecule has 0 unspecified atom stereocenters. The van der Waals surface area contributed by atoms with Gasteiger partial charge in [0.15, 0.2) is 0 Å². The van der Waals surface area contributed by atoms with E-state index in [1.165, 1.54) is 0 Å². The van der Waals surface area contributed by atoms with Crippen molar-refractivity contribution in [2.24, 2.45) is 5.10 Å². The summed E-state index contributed by atoms with van der Waals surface area (Å²) in [7, 11) is 0. The van der Waals surface area contributed by atoms with Gasteiger partial charge in [0.1, 0.15) is 12.2 Å². The number of nitrogens with zero attached hydrogens (tertiary/aromatic N) is 3. The lowest BCUT2D eigenvalue weighted by atomic mass is 10.0. The Bertz CT molecular complexity index is 713. The molecule has 20 heavy (non-hydrogen) atoms. The molecule has 1 aromatic carbocycles. The highest BCUT2D eigenvalue weighted by molar-refractivity contribution is 6.11. The van der Waals surface area contributed by atoms with Crippen LogP contribution in [-0.4, -0.2) is 22.7 Å². The molecule has 6 heteroatoms. The van der Waals surface area contributed by atoms with Gasteiger partial charge in [-0.2, -0.15) is 10.3 Å². The standard InChI is InChI=1S/C14H9N3O3/c15-6-5-12(18)17-13(19)8-10-7-9-3-1-2-4-11(9)20-14(10)16-17/h1-4,7H,5,8H2. The van der Waals surface area contributed by atoms with E-state index >= 15 is 0 Å². The molecule has 0 N–H and O–H groups in total. The minimum atomic E-state index is -0.647. The lowest BCUT2D eigenvalue weighted by Crippen LogP contribution is -2.39. The maximum Gasteiger partial charge on any atom is 0.264 e. The minimum absolute atomic E-state index is 0.0321. The molecule has 0 radical (unpaired) electrons. The van der Waals surface area contributed by atoms with Gasteiger partial charge in [0.2, 0.25) is 5.90 Å². The Balaban J connectivity index is 1.98. The van der Waals surface area contributed by atoms with Crippen molar-refractivity contribution in [2.45, 2.75) is 12.8 Å². The van der Waals surface area contributed by atoms with Crippen molar-refractivity contribution in [2.75, 3.05) is 0 Å². The molecule has 0 saturated carbocycles. The van der Waals surface area contributed by atoms with Gasteiger partial charge in [-0.1, -0.05) is 18.2 Å². The Morgan fingerprint density at radius 1 is 1.45 bits per heavy atom. The van der Waals surface area contributed by atoms with E-state index in [-0.39, 0.29) is 12.3 Å². The topological polar surface area (TPSA) is 82.8 Å². The summed E-state index contributed by atoms with van der Waals surface area (Å²) in [6.07, 6.45) is 1.46. The van der Waals surface area contributed by atoms with Crippen LogP contribution >= 0.6 is 0 Å². The average Bonchev–Trinajstić information content (AvgIpc) is 2.44. The maximum absolute atomic E-state index is 11.9. The predicted molar refractivity (Wildman–Crippen MR) is 69.2 cm³/mol. The van der Waals surface area contributed by atoms with Gasteiger partial charge >= 0.3 is 0 Å². The van der Waals surface area contributed by atoms with Gasteiger partial charge in [-0.3, -0.25) is 9.59 Å². The molecule has 0 saturated heterocycles. The maximum atomic E-state index is 11.9. The molecule has 2 amide bonds. The van der Waals surface area contributed by atoms with Crippen LogP contribution in [0.3, 0.4) is 0 Å². The quantitative estimate of drug-likeness (QED) is 0.771. The number of carbonyl (C=O) groups excluding carboxylic acids is 2. The first kappa shape index (κ1) is 12.1. The second-order valence-electron chi connectivity index (χ2n) is 4.33. The number of fused-ring (bicyclic) bond motifs is 2. The highest BCUT2D eigenvalue weighted by atomic mass is 16.5. The SMILES string of the molecule is N#CCC(=O)N1N=C2Oc3ccccc3C=C2CC1=O. The van der Waals surface area contributed by atoms with Gasteiger partial charge in [0.05, 0.1) is 12.5 Å². The first-order chi connectivity index (χ1) is 9.69. The second kappa shape index (κ2) is 4.63. The van der Waals surface area contributed by atoms with Gasteiger partial charge in [-0.05, 0) is 12.1 Å². The van der Waals surface area contributed by atoms with Gasteiger partial charge in [0, 0.05) is 11.1 Å². The molecule has 0 fully saturated rings. The fraction of sp³-hybridized carbons (Fsp3) is 0.143. The van der Waals surface area contributed by atoms with E-state index in [2.05, 4.69) is 5.10 Å². The minimum Gasteiger partial charge on any atom is -0.437 e. The number of rotatable bonds is 1. The monoisotopic (exact) mass is 267 g/mol. The van der Waals surface area contributed by atoms with Crippen molar-refractivity contribution in [3.63, 3.8) is 0 Å². The third-order valence-corrected chi connectivity index (χ3v) is 2.97. The zero-order valence-electron chi connectivity index (χ0n) is 10.4. The molecular weight excluding hydrogens is 258 g/mol. The normalized spacial score (nSPS) is 16.1. The van der Waals surface area contributed by atoms with E-state index in [0.717, 1.165) is 5.56 Å². The number of ether oxygens (including phenoxy) is 1. The number of amides is 2. The molecule has 2 heterocycles.